The molecule has 0 spiro atoms. The van der Waals surface area contributed by atoms with Crippen LogP contribution >= 0.6 is 15.9 Å². The summed E-state index contributed by atoms with van der Waals surface area (Å²) in [7, 11) is 0. The highest BCUT2D eigenvalue weighted by atomic mass is 79.9. The second kappa shape index (κ2) is 8.43. The van der Waals surface area contributed by atoms with Crippen LogP contribution in [-0.4, -0.2) is 23.5 Å². The fraction of sp³-hybridized carbons (Fsp3) is 0.250. The Bertz CT molecular complexity index is 800. The van der Waals surface area contributed by atoms with Crippen LogP contribution in [0, 0.1) is 6.92 Å². The lowest BCUT2D eigenvalue weighted by atomic mass is 10.0. The van der Waals surface area contributed by atoms with E-state index in [0.29, 0.717) is 23.6 Å². The molecule has 5 heteroatoms. The van der Waals surface area contributed by atoms with Crippen LogP contribution < -0.4 is 0 Å². The zero-order valence-corrected chi connectivity index (χ0v) is 15.6. The number of aryl methyl sites for hydroxylation is 1. The van der Waals surface area contributed by atoms with E-state index in [4.69, 9.17) is 9.26 Å². The molecule has 0 bridgehead atoms. The zero-order chi connectivity index (χ0) is 17.6. The maximum absolute atomic E-state index is 10.5. The molecule has 0 aliphatic rings. The number of rotatable bonds is 7. The van der Waals surface area contributed by atoms with E-state index < -0.39 is 6.10 Å². The highest BCUT2D eigenvalue weighted by Crippen LogP contribution is 2.31. The molecule has 1 aromatic heterocycles. The Kier molecular flexibility index (Phi) is 6.02. The molecule has 2 aromatic carbocycles. The Morgan fingerprint density at radius 1 is 1.12 bits per heavy atom. The van der Waals surface area contributed by atoms with Gasteiger partial charge in [-0.05, 0) is 31.0 Å². The Balaban J connectivity index is 1.63. The largest absolute Gasteiger partial charge is 0.386 e. The highest BCUT2D eigenvalue weighted by Gasteiger charge is 2.22. The number of ether oxygens (including phenoxy) is 1. The molecule has 0 saturated carbocycles. The Labute approximate surface area is 155 Å². The summed E-state index contributed by atoms with van der Waals surface area (Å²) in [5, 5.41) is 14.6. The topological polar surface area (TPSA) is 55.5 Å². The van der Waals surface area contributed by atoms with Gasteiger partial charge in [0.15, 0.2) is 5.76 Å². The molecule has 1 atom stereocenters. The molecule has 0 aliphatic heterocycles. The first-order valence-electron chi connectivity index (χ1n) is 8.17. The summed E-state index contributed by atoms with van der Waals surface area (Å²) in [6.07, 6.45) is 0.0381. The summed E-state index contributed by atoms with van der Waals surface area (Å²) < 4.78 is 12.1. The van der Waals surface area contributed by atoms with Gasteiger partial charge in [0.2, 0.25) is 0 Å². The van der Waals surface area contributed by atoms with Crippen molar-refractivity contribution in [2.75, 3.05) is 13.2 Å². The van der Waals surface area contributed by atoms with Crippen molar-refractivity contribution in [3.63, 3.8) is 0 Å². The zero-order valence-electron chi connectivity index (χ0n) is 14.0. The van der Waals surface area contributed by atoms with E-state index in [1.165, 1.54) is 5.56 Å². The van der Waals surface area contributed by atoms with Gasteiger partial charge in [-0.1, -0.05) is 63.6 Å². The first kappa shape index (κ1) is 17.9. The van der Waals surface area contributed by atoms with Gasteiger partial charge in [0, 0.05) is 10.0 Å². The third-order valence-electron chi connectivity index (χ3n) is 4.00. The monoisotopic (exact) mass is 401 g/mol. The molecule has 130 valence electrons. The van der Waals surface area contributed by atoms with Gasteiger partial charge in [-0.15, -0.1) is 0 Å². The average Bonchev–Trinajstić information content (AvgIpc) is 3.02. The second-order valence-corrected chi connectivity index (χ2v) is 6.76. The first-order valence-corrected chi connectivity index (χ1v) is 8.96. The highest BCUT2D eigenvalue weighted by molar-refractivity contribution is 9.10. The number of nitrogens with zero attached hydrogens (tertiary/aromatic N) is 1. The first-order chi connectivity index (χ1) is 12.1. The van der Waals surface area contributed by atoms with Crippen LogP contribution in [0.25, 0.3) is 11.3 Å². The van der Waals surface area contributed by atoms with Crippen LogP contribution in [0.5, 0.6) is 0 Å². The minimum atomic E-state index is -0.777. The molecule has 0 unspecified atom stereocenters. The summed E-state index contributed by atoms with van der Waals surface area (Å²) in [5.41, 5.74) is 3.45. The van der Waals surface area contributed by atoms with Crippen LogP contribution in [0.3, 0.4) is 0 Å². The van der Waals surface area contributed by atoms with Crippen molar-refractivity contribution in [2.45, 2.75) is 19.4 Å². The molecule has 0 aliphatic carbocycles. The van der Waals surface area contributed by atoms with Gasteiger partial charge in [-0.3, -0.25) is 0 Å². The molecule has 0 radical (unpaired) electrons. The molecular weight excluding hydrogens is 382 g/mol. The second-order valence-electron chi connectivity index (χ2n) is 5.84. The predicted molar refractivity (Wildman–Crippen MR) is 100 cm³/mol. The summed E-state index contributed by atoms with van der Waals surface area (Å²) in [4.78, 5) is 0. The van der Waals surface area contributed by atoms with Gasteiger partial charge < -0.3 is 14.4 Å². The predicted octanol–water partition coefficient (Wildman–Crippen LogP) is 4.71. The van der Waals surface area contributed by atoms with Crippen LogP contribution in [0.1, 0.15) is 22.9 Å². The third kappa shape index (κ3) is 4.57. The Morgan fingerprint density at radius 2 is 1.84 bits per heavy atom. The van der Waals surface area contributed by atoms with Crippen LogP contribution in [0.4, 0.5) is 0 Å². The number of halogens is 1. The van der Waals surface area contributed by atoms with Crippen molar-refractivity contribution >= 4 is 15.9 Å². The van der Waals surface area contributed by atoms with Gasteiger partial charge in [0.25, 0.3) is 0 Å². The quantitative estimate of drug-likeness (QED) is 0.582. The molecule has 0 amide bonds. The molecule has 1 heterocycles. The van der Waals surface area contributed by atoms with Gasteiger partial charge in [-0.25, -0.2) is 0 Å². The van der Waals surface area contributed by atoms with Gasteiger partial charge in [-0.2, -0.15) is 0 Å². The summed E-state index contributed by atoms with van der Waals surface area (Å²) in [6.45, 7) is 2.59. The van der Waals surface area contributed by atoms with E-state index in [2.05, 4.69) is 33.2 Å². The summed E-state index contributed by atoms with van der Waals surface area (Å²) in [6, 6.07) is 17.9. The van der Waals surface area contributed by atoms with Crippen LogP contribution in [0.2, 0.25) is 0 Å². The SMILES string of the molecule is Cc1noc(-c2ccc(Br)cc2)c1[C@H](O)COCCc1ccccc1. The normalized spacial score (nSPS) is 12.3. The van der Waals surface area contributed by atoms with E-state index in [1.807, 2.05) is 49.4 Å². The molecule has 25 heavy (non-hydrogen) atoms. The van der Waals surface area contributed by atoms with Crippen LogP contribution in [-0.2, 0) is 11.2 Å². The van der Waals surface area contributed by atoms with Crippen molar-refractivity contribution in [3.8, 4) is 11.3 Å². The number of hydrogen-bond donors (Lipinski definition) is 1. The fourth-order valence-electron chi connectivity index (χ4n) is 2.69. The lowest BCUT2D eigenvalue weighted by Gasteiger charge is -2.12. The smallest absolute Gasteiger partial charge is 0.173 e. The molecule has 3 aromatic rings. The van der Waals surface area contributed by atoms with Crippen molar-refractivity contribution in [1.82, 2.24) is 5.16 Å². The number of aliphatic hydroxyl groups excluding tert-OH is 1. The Morgan fingerprint density at radius 3 is 2.56 bits per heavy atom. The maximum Gasteiger partial charge on any atom is 0.173 e. The van der Waals surface area contributed by atoms with E-state index >= 15 is 0 Å². The lowest BCUT2D eigenvalue weighted by Crippen LogP contribution is -2.10. The minimum absolute atomic E-state index is 0.207. The van der Waals surface area contributed by atoms with Crippen molar-refractivity contribution in [3.05, 3.63) is 75.9 Å². The molecule has 1 N–H and O–H groups in total. The number of aromatic nitrogens is 1. The molecule has 0 saturated heterocycles. The molecule has 3 rings (SSSR count). The van der Waals surface area contributed by atoms with Crippen molar-refractivity contribution < 1.29 is 14.4 Å². The Hall–Kier alpha value is -1.95. The third-order valence-corrected chi connectivity index (χ3v) is 4.53. The fourth-order valence-corrected chi connectivity index (χ4v) is 2.96. The molecular formula is C20H20BrNO3. The average molecular weight is 402 g/mol. The minimum Gasteiger partial charge on any atom is -0.386 e. The number of hydrogen-bond acceptors (Lipinski definition) is 4. The van der Waals surface area contributed by atoms with Crippen molar-refractivity contribution in [1.29, 1.82) is 0 Å². The lowest BCUT2D eigenvalue weighted by molar-refractivity contribution is 0.0372. The van der Waals surface area contributed by atoms with Gasteiger partial charge in [0.05, 0.1) is 24.5 Å². The van der Waals surface area contributed by atoms with Crippen LogP contribution in [0.15, 0.2) is 63.6 Å². The molecule has 4 nitrogen and oxygen atoms in total. The van der Waals surface area contributed by atoms with E-state index in [-0.39, 0.29) is 6.61 Å². The van der Waals surface area contributed by atoms with E-state index in [1.54, 1.807) is 0 Å². The van der Waals surface area contributed by atoms with Crippen molar-refractivity contribution in [2.24, 2.45) is 0 Å². The maximum atomic E-state index is 10.5. The van der Waals surface area contributed by atoms with Gasteiger partial charge in [0.1, 0.15) is 6.10 Å². The van der Waals surface area contributed by atoms with E-state index in [0.717, 1.165) is 16.5 Å². The van der Waals surface area contributed by atoms with E-state index in [9.17, 15) is 5.11 Å². The molecule has 0 fully saturated rings. The number of benzene rings is 2. The number of aliphatic hydroxyl groups is 1. The van der Waals surface area contributed by atoms with Gasteiger partial charge >= 0.3 is 0 Å². The summed E-state index contributed by atoms with van der Waals surface area (Å²) in [5.74, 6) is 0.587. The summed E-state index contributed by atoms with van der Waals surface area (Å²) >= 11 is 3.42. The standard InChI is InChI=1S/C20H20BrNO3/c1-14-19(20(25-22-14)16-7-9-17(21)10-8-16)18(23)13-24-12-11-15-5-3-2-4-6-15/h2-10,18,23H,11-13H2,1H3/t18-/m1/s1.